The molecule has 1 aromatic carbocycles. The van der Waals surface area contributed by atoms with Gasteiger partial charge in [0.1, 0.15) is 5.60 Å². The van der Waals surface area contributed by atoms with Crippen LogP contribution in [0, 0.1) is 25.7 Å². The van der Waals surface area contributed by atoms with Crippen LogP contribution in [-0.4, -0.2) is 31.4 Å². The van der Waals surface area contributed by atoms with Crippen molar-refractivity contribution in [2.75, 3.05) is 0 Å². The lowest BCUT2D eigenvalue weighted by atomic mass is 10.0. The third kappa shape index (κ3) is 5.01. The van der Waals surface area contributed by atoms with Gasteiger partial charge in [0.05, 0.1) is 23.3 Å². The van der Waals surface area contributed by atoms with E-state index in [1.54, 1.807) is 26.1 Å². The number of hydrogen-bond acceptors (Lipinski definition) is 4. The molecule has 1 aliphatic rings. The number of rotatable bonds is 4. The second-order valence-corrected chi connectivity index (χ2v) is 9.42. The molecule has 0 aliphatic heterocycles. The zero-order valence-corrected chi connectivity index (χ0v) is 19.6. The molecule has 1 aliphatic carbocycles. The molecular weight excluding hydrogens is 416 g/mol. The van der Waals surface area contributed by atoms with Gasteiger partial charge in [-0.15, -0.1) is 0 Å². The van der Waals surface area contributed by atoms with Crippen LogP contribution in [0.25, 0.3) is 10.9 Å². The van der Waals surface area contributed by atoms with Crippen LogP contribution in [0.3, 0.4) is 0 Å². The van der Waals surface area contributed by atoms with Crippen LogP contribution in [-0.2, 0) is 6.54 Å². The molecule has 3 aromatic rings. The maximum atomic E-state index is 13.2. The van der Waals surface area contributed by atoms with Gasteiger partial charge in [0.15, 0.2) is 0 Å². The van der Waals surface area contributed by atoms with E-state index >= 15 is 0 Å². The lowest BCUT2D eigenvalue weighted by Gasteiger charge is -2.13. The van der Waals surface area contributed by atoms with E-state index in [2.05, 4.69) is 27.2 Å². The number of hydrogen-bond donors (Lipinski definition) is 3. The van der Waals surface area contributed by atoms with Gasteiger partial charge < -0.3 is 15.4 Å². The van der Waals surface area contributed by atoms with Gasteiger partial charge in [-0.2, -0.15) is 5.10 Å². The Hall–Kier alpha value is -3.37. The standard InChI is InChI=1S/C26H30N4O3/c1-16-11-17(2)29-25(32)21(16)14-27-24(31)20-12-18(9-10-26(3,4)33)13-23-22(20)15-28-30(23)19-7-5-6-8-19/h11-13,15,19,33H,5-8,14H2,1-4H3,(H,27,31)(H,29,32). The molecule has 3 N–H and O–H groups in total. The normalized spacial score (nSPS) is 14.3. The highest BCUT2D eigenvalue weighted by Gasteiger charge is 2.22. The Morgan fingerprint density at radius 2 is 2.00 bits per heavy atom. The molecular formula is C26H30N4O3. The first-order valence-electron chi connectivity index (χ1n) is 11.4. The Morgan fingerprint density at radius 3 is 2.67 bits per heavy atom. The van der Waals surface area contributed by atoms with Crippen molar-refractivity contribution in [2.45, 2.75) is 71.6 Å². The Labute approximate surface area is 193 Å². The highest BCUT2D eigenvalue weighted by Crippen LogP contribution is 2.33. The molecule has 172 valence electrons. The monoisotopic (exact) mass is 446 g/mol. The fourth-order valence-corrected chi connectivity index (χ4v) is 4.44. The van der Waals surface area contributed by atoms with Crippen LogP contribution < -0.4 is 10.9 Å². The number of carbonyl (C=O) groups is 1. The average Bonchev–Trinajstić information content (AvgIpc) is 3.39. The number of aromatic nitrogens is 3. The van der Waals surface area contributed by atoms with Gasteiger partial charge in [0.25, 0.3) is 11.5 Å². The number of amides is 1. The van der Waals surface area contributed by atoms with Crippen LogP contribution >= 0.6 is 0 Å². The van der Waals surface area contributed by atoms with Crippen molar-refractivity contribution < 1.29 is 9.90 Å². The van der Waals surface area contributed by atoms with Crippen molar-refractivity contribution in [3.05, 3.63) is 62.7 Å². The summed E-state index contributed by atoms with van der Waals surface area (Å²) in [6.45, 7) is 7.06. The molecule has 33 heavy (non-hydrogen) atoms. The molecule has 2 aromatic heterocycles. The fraction of sp³-hybridized carbons (Fsp3) is 0.423. The highest BCUT2D eigenvalue weighted by molar-refractivity contribution is 6.06. The summed E-state index contributed by atoms with van der Waals surface area (Å²) in [4.78, 5) is 28.4. The number of benzene rings is 1. The molecule has 7 nitrogen and oxygen atoms in total. The molecule has 0 unspecified atom stereocenters. The van der Waals surface area contributed by atoms with Gasteiger partial charge in [0.2, 0.25) is 0 Å². The minimum absolute atomic E-state index is 0.123. The minimum atomic E-state index is -1.15. The van der Waals surface area contributed by atoms with Gasteiger partial charge in [-0.25, -0.2) is 0 Å². The molecule has 1 amide bonds. The van der Waals surface area contributed by atoms with E-state index in [1.807, 2.05) is 30.7 Å². The molecule has 0 spiro atoms. The molecule has 0 radical (unpaired) electrons. The summed E-state index contributed by atoms with van der Waals surface area (Å²) in [5.41, 5.74) is 2.76. The SMILES string of the molecule is Cc1cc(C)c(CNC(=O)c2cc(C#CC(C)(C)O)cc3c2cnn3C2CCCC2)c(=O)[nH]1. The summed E-state index contributed by atoms with van der Waals surface area (Å²) < 4.78 is 2.00. The van der Waals surface area contributed by atoms with Gasteiger partial charge in [-0.05, 0) is 64.3 Å². The van der Waals surface area contributed by atoms with Gasteiger partial charge in [-0.1, -0.05) is 24.7 Å². The zero-order valence-electron chi connectivity index (χ0n) is 19.6. The summed E-state index contributed by atoms with van der Waals surface area (Å²) >= 11 is 0. The predicted octanol–water partition coefficient (Wildman–Crippen LogP) is 3.51. The van der Waals surface area contributed by atoms with Crippen LogP contribution in [0.1, 0.15) is 78.3 Å². The number of carbonyl (C=O) groups excluding carboxylic acids is 1. The van der Waals surface area contributed by atoms with Crippen LogP contribution in [0.2, 0.25) is 0 Å². The van der Waals surface area contributed by atoms with Crippen molar-refractivity contribution in [1.82, 2.24) is 20.1 Å². The van der Waals surface area contributed by atoms with Crippen molar-refractivity contribution >= 4 is 16.8 Å². The lowest BCUT2D eigenvalue weighted by molar-refractivity contribution is 0.0952. The quantitative estimate of drug-likeness (QED) is 0.534. The molecule has 1 fully saturated rings. The van der Waals surface area contributed by atoms with Gasteiger partial charge in [0, 0.05) is 28.8 Å². The van der Waals surface area contributed by atoms with Crippen molar-refractivity contribution in [2.24, 2.45) is 0 Å². The van der Waals surface area contributed by atoms with E-state index in [9.17, 15) is 14.7 Å². The third-order valence-corrected chi connectivity index (χ3v) is 6.06. The van der Waals surface area contributed by atoms with Crippen LogP contribution in [0.4, 0.5) is 0 Å². The Kier molecular flexibility index (Phi) is 6.13. The predicted molar refractivity (Wildman–Crippen MR) is 128 cm³/mol. The van der Waals surface area contributed by atoms with E-state index in [1.165, 1.54) is 12.8 Å². The second-order valence-electron chi connectivity index (χ2n) is 9.42. The number of fused-ring (bicyclic) bond motifs is 1. The number of pyridine rings is 1. The number of nitrogens with zero attached hydrogens (tertiary/aromatic N) is 2. The summed E-state index contributed by atoms with van der Waals surface area (Å²) in [7, 11) is 0. The van der Waals surface area contributed by atoms with E-state index in [0.29, 0.717) is 22.7 Å². The zero-order chi connectivity index (χ0) is 23.8. The molecule has 0 bridgehead atoms. The second kappa shape index (κ2) is 8.87. The Morgan fingerprint density at radius 1 is 1.27 bits per heavy atom. The van der Waals surface area contributed by atoms with Crippen LogP contribution in [0.15, 0.2) is 29.2 Å². The van der Waals surface area contributed by atoms with Crippen molar-refractivity contribution in [3.8, 4) is 11.8 Å². The summed E-state index contributed by atoms with van der Waals surface area (Å²) in [6.07, 6.45) is 6.20. The van der Waals surface area contributed by atoms with E-state index in [0.717, 1.165) is 35.0 Å². The van der Waals surface area contributed by atoms with Crippen molar-refractivity contribution in [1.29, 1.82) is 0 Å². The molecule has 7 heteroatoms. The first kappa shape index (κ1) is 22.8. The molecule has 1 saturated carbocycles. The first-order chi connectivity index (χ1) is 15.6. The number of H-pyrrole nitrogens is 1. The van der Waals surface area contributed by atoms with Gasteiger partial charge >= 0.3 is 0 Å². The number of aliphatic hydroxyl groups is 1. The average molecular weight is 447 g/mol. The minimum Gasteiger partial charge on any atom is -0.378 e. The topological polar surface area (TPSA) is 100 Å². The Balaban J connectivity index is 1.72. The molecule has 4 rings (SSSR count). The maximum Gasteiger partial charge on any atom is 0.253 e. The van der Waals surface area contributed by atoms with E-state index in [4.69, 9.17) is 0 Å². The van der Waals surface area contributed by atoms with Crippen molar-refractivity contribution in [3.63, 3.8) is 0 Å². The number of aryl methyl sites for hydroxylation is 2. The number of nitrogens with one attached hydrogen (secondary N) is 2. The van der Waals surface area contributed by atoms with Gasteiger partial charge in [-0.3, -0.25) is 14.3 Å². The van der Waals surface area contributed by atoms with E-state index in [-0.39, 0.29) is 18.0 Å². The maximum absolute atomic E-state index is 13.2. The number of aromatic amines is 1. The van der Waals surface area contributed by atoms with Crippen LogP contribution in [0.5, 0.6) is 0 Å². The molecule has 0 saturated heterocycles. The Bertz CT molecular complexity index is 1330. The summed E-state index contributed by atoms with van der Waals surface area (Å²) in [6, 6.07) is 5.86. The molecule has 2 heterocycles. The highest BCUT2D eigenvalue weighted by atomic mass is 16.3. The lowest BCUT2D eigenvalue weighted by Crippen LogP contribution is -2.28. The fourth-order valence-electron chi connectivity index (χ4n) is 4.44. The smallest absolute Gasteiger partial charge is 0.253 e. The molecule has 0 atom stereocenters. The first-order valence-corrected chi connectivity index (χ1v) is 11.4. The summed E-state index contributed by atoms with van der Waals surface area (Å²) in [5, 5.41) is 18.3. The largest absolute Gasteiger partial charge is 0.378 e. The third-order valence-electron chi connectivity index (χ3n) is 6.06. The summed E-state index contributed by atoms with van der Waals surface area (Å²) in [5.74, 6) is 5.53. The van der Waals surface area contributed by atoms with E-state index < -0.39 is 5.60 Å².